The molecule has 3 rings (SSSR count). The second kappa shape index (κ2) is 5.25. The van der Waals surface area contributed by atoms with Crippen LogP contribution in [-0.4, -0.2) is 29.4 Å². The fraction of sp³-hybridized carbons (Fsp3) is 0.357. The van der Waals surface area contributed by atoms with Crippen molar-refractivity contribution in [2.75, 3.05) is 6.61 Å². The average Bonchev–Trinajstić information content (AvgIpc) is 2.85. The van der Waals surface area contributed by atoms with E-state index in [1.54, 1.807) is 16.8 Å². The van der Waals surface area contributed by atoms with Gasteiger partial charge in [-0.25, -0.2) is 4.68 Å². The van der Waals surface area contributed by atoms with Crippen molar-refractivity contribution in [1.29, 1.82) is 0 Å². The van der Waals surface area contributed by atoms with Crippen LogP contribution in [0.5, 0.6) is 0 Å². The van der Waals surface area contributed by atoms with Gasteiger partial charge in [-0.2, -0.15) is 13.5 Å². The van der Waals surface area contributed by atoms with Gasteiger partial charge in [0.1, 0.15) is 0 Å². The molecular formula is C14H16N2O4S. The summed E-state index contributed by atoms with van der Waals surface area (Å²) in [5, 5.41) is 5.24. The van der Waals surface area contributed by atoms with Crippen LogP contribution in [0.1, 0.15) is 31.2 Å². The van der Waals surface area contributed by atoms with Crippen LogP contribution in [0.3, 0.4) is 0 Å². The average molecular weight is 308 g/mol. The van der Waals surface area contributed by atoms with Gasteiger partial charge in [-0.05, 0) is 43.5 Å². The summed E-state index contributed by atoms with van der Waals surface area (Å²) in [7, 11) is -4.25. The van der Waals surface area contributed by atoms with Crippen molar-refractivity contribution in [2.45, 2.75) is 30.4 Å². The van der Waals surface area contributed by atoms with Gasteiger partial charge >= 0.3 is 0 Å². The standard InChI is InChI=1S/C14H16N2O4S/c1-2-12-11-7-6-10(21(17,18)19)9-13(11)16(15-12)14-5-3-4-8-20-14/h2,6-7,9,14H,1,3-5,8H2,(H,17,18,19). The normalized spacial score (nSPS) is 19.8. The van der Waals surface area contributed by atoms with E-state index < -0.39 is 10.1 Å². The fourth-order valence-corrected chi connectivity index (χ4v) is 3.09. The predicted octanol–water partition coefficient (Wildman–Crippen LogP) is 2.63. The third-order valence-corrected chi connectivity index (χ3v) is 4.48. The first-order valence-corrected chi connectivity index (χ1v) is 8.18. The molecule has 1 aromatic carbocycles. The number of hydrogen-bond acceptors (Lipinski definition) is 4. The van der Waals surface area contributed by atoms with Gasteiger partial charge in [-0.3, -0.25) is 4.55 Å². The zero-order valence-electron chi connectivity index (χ0n) is 11.4. The Morgan fingerprint density at radius 3 is 2.86 bits per heavy atom. The van der Waals surface area contributed by atoms with Crippen molar-refractivity contribution in [1.82, 2.24) is 9.78 Å². The first-order chi connectivity index (χ1) is 10.0. The van der Waals surface area contributed by atoms with Crippen LogP contribution in [0.4, 0.5) is 0 Å². The third-order valence-electron chi connectivity index (χ3n) is 3.63. The molecule has 1 unspecified atom stereocenters. The topological polar surface area (TPSA) is 81.4 Å². The predicted molar refractivity (Wildman–Crippen MR) is 78.5 cm³/mol. The Morgan fingerprint density at radius 2 is 2.24 bits per heavy atom. The lowest BCUT2D eigenvalue weighted by molar-refractivity contribution is -0.0367. The van der Waals surface area contributed by atoms with Crippen molar-refractivity contribution in [3.63, 3.8) is 0 Å². The van der Waals surface area contributed by atoms with E-state index in [1.807, 2.05) is 0 Å². The highest BCUT2D eigenvalue weighted by Gasteiger charge is 2.21. The molecule has 2 heterocycles. The van der Waals surface area contributed by atoms with Gasteiger partial charge < -0.3 is 4.74 Å². The molecule has 0 aliphatic carbocycles. The van der Waals surface area contributed by atoms with Gasteiger partial charge in [0.15, 0.2) is 6.23 Å². The van der Waals surface area contributed by atoms with Crippen LogP contribution in [0.25, 0.3) is 17.0 Å². The highest BCUT2D eigenvalue weighted by atomic mass is 32.2. The molecule has 0 saturated carbocycles. The molecule has 1 fully saturated rings. The molecule has 0 spiro atoms. The zero-order valence-corrected chi connectivity index (χ0v) is 12.2. The Balaban J connectivity index is 2.20. The van der Waals surface area contributed by atoms with E-state index >= 15 is 0 Å². The molecular weight excluding hydrogens is 292 g/mol. The van der Waals surface area contributed by atoms with Gasteiger partial charge in [-0.15, -0.1) is 0 Å². The summed E-state index contributed by atoms with van der Waals surface area (Å²) in [5.41, 5.74) is 1.29. The van der Waals surface area contributed by atoms with Crippen LogP contribution < -0.4 is 0 Å². The maximum Gasteiger partial charge on any atom is 0.294 e. The lowest BCUT2D eigenvalue weighted by Crippen LogP contribution is -2.19. The van der Waals surface area contributed by atoms with Gasteiger partial charge in [0.05, 0.1) is 16.1 Å². The molecule has 0 amide bonds. The first kappa shape index (κ1) is 14.2. The Kier molecular flexibility index (Phi) is 3.56. The summed E-state index contributed by atoms with van der Waals surface area (Å²) < 4.78 is 39.2. The van der Waals surface area contributed by atoms with Crippen LogP contribution in [0, 0.1) is 0 Å². The molecule has 1 aliphatic heterocycles. The minimum Gasteiger partial charge on any atom is -0.356 e. The summed E-state index contributed by atoms with van der Waals surface area (Å²) in [6.07, 6.45) is 4.28. The maximum atomic E-state index is 11.3. The number of rotatable bonds is 3. The monoisotopic (exact) mass is 308 g/mol. The van der Waals surface area contributed by atoms with Crippen molar-refractivity contribution < 1.29 is 17.7 Å². The van der Waals surface area contributed by atoms with E-state index in [0.29, 0.717) is 17.8 Å². The summed E-state index contributed by atoms with van der Waals surface area (Å²) in [6, 6.07) is 4.41. The third kappa shape index (κ3) is 2.59. The summed E-state index contributed by atoms with van der Waals surface area (Å²) in [4.78, 5) is -0.150. The van der Waals surface area contributed by atoms with Crippen LogP contribution >= 0.6 is 0 Å². The first-order valence-electron chi connectivity index (χ1n) is 6.74. The highest BCUT2D eigenvalue weighted by molar-refractivity contribution is 7.85. The molecule has 6 nitrogen and oxygen atoms in total. The molecule has 0 bridgehead atoms. The van der Waals surface area contributed by atoms with Crippen molar-refractivity contribution >= 4 is 27.1 Å². The summed E-state index contributed by atoms with van der Waals surface area (Å²) in [5.74, 6) is 0. The molecule has 1 aromatic heterocycles. The number of hydrogen-bond donors (Lipinski definition) is 1. The largest absolute Gasteiger partial charge is 0.356 e. The van der Waals surface area contributed by atoms with Crippen molar-refractivity contribution in [3.05, 3.63) is 30.5 Å². The van der Waals surface area contributed by atoms with E-state index in [9.17, 15) is 13.0 Å². The van der Waals surface area contributed by atoms with Crippen molar-refractivity contribution in [3.8, 4) is 0 Å². The summed E-state index contributed by atoms with van der Waals surface area (Å²) >= 11 is 0. The number of aromatic nitrogens is 2. The van der Waals surface area contributed by atoms with Crippen LogP contribution in [-0.2, 0) is 14.9 Å². The van der Waals surface area contributed by atoms with Gasteiger partial charge in [0, 0.05) is 12.0 Å². The Hall–Kier alpha value is -1.70. The Labute approximate surface area is 122 Å². The molecule has 0 radical (unpaired) electrons. The summed E-state index contributed by atoms with van der Waals surface area (Å²) in [6.45, 7) is 4.39. The lowest BCUT2D eigenvalue weighted by atomic mass is 10.1. The molecule has 21 heavy (non-hydrogen) atoms. The van der Waals surface area contributed by atoms with Crippen LogP contribution in [0.15, 0.2) is 29.7 Å². The minimum absolute atomic E-state index is 0.150. The second-order valence-corrected chi connectivity index (χ2v) is 6.43. The number of fused-ring (bicyclic) bond motifs is 1. The molecule has 1 saturated heterocycles. The number of benzene rings is 1. The lowest BCUT2D eigenvalue weighted by Gasteiger charge is -2.23. The van der Waals surface area contributed by atoms with E-state index in [2.05, 4.69) is 11.7 Å². The molecule has 112 valence electrons. The van der Waals surface area contributed by atoms with E-state index in [0.717, 1.165) is 24.6 Å². The molecule has 1 aliphatic rings. The smallest absolute Gasteiger partial charge is 0.294 e. The maximum absolute atomic E-state index is 11.3. The van der Waals surface area contributed by atoms with Crippen molar-refractivity contribution in [2.24, 2.45) is 0 Å². The fourth-order valence-electron chi connectivity index (χ4n) is 2.59. The zero-order chi connectivity index (χ0) is 15.0. The second-order valence-electron chi connectivity index (χ2n) is 5.01. The van der Waals surface area contributed by atoms with Gasteiger partial charge in [-0.1, -0.05) is 6.58 Å². The highest BCUT2D eigenvalue weighted by Crippen LogP contribution is 2.29. The SMILES string of the molecule is C=Cc1nn(C2CCCCO2)c2cc(S(=O)(=O)O)ccc12. The molecule has 1 atom stereocenters. The van der Waals surface area contributed by atoms with Crippen LogP contribution in [0.2, 0.25) is 0 Å². The number of ether oxygens (including phenoxy) is 1. The number of nitrogens with zero attached hydrogens (tertiary/aromatic N) is 2. The van der Waals surface area contributed by atoms with Gasteiger partial charge in [0.25, 0.3) is 10.1 Å². The minimum atomic E-state index is -4.25. The molecule has 7 heteroatoms. The quantitative estimate of drug-likeness (QED) is 0.881. The Bertz CT molecular complexity index is 789. The van der Waals surface area contributed by atoms with E-state index in [4.69, 9.17) is 4.74 Å². The van der Waals surface area contributed by atoms with E-state index in [1.165, 1.54) is 12.1 Å². The van der Waals surface area contributed by atoms with Gasteiger partial charge in [0.2, 0.25) is 0 Å². The Morgan fingerprint density at radius 1 is 1.43 bits per heavy atom. The molecule has 1 N–H and O–H groups in total. The van der Waals surface area contributed by atoms with E-state index in [-0.39, 0.29) is 11.1 Å². The molecule has 2 aromatic rings.